The van der Waals surface area contributed by atoms with Crippen molar-refractivity contribution < 1.29 is 9.59 Å². The van der Waals surface area contributed by atoms with E-state index >= 15 is 0 Å². The summed E-state index contributed by atoms with van der Waals surface area (Å²) in [5, 5.41) is 6.65. The molecule has 29 heavy (non-hydrogen) atoms. The highest BCUT2D eigenvalue weighted by molar-refractivity contribution is 14.0. The third-order valence-electron chi connectivity index (χ3n) is 4.14. The van der Waals surface area contributed by atoms with E-state index < -0.39 is 0 Å². The molecule has 164 valence electrons. The van der Waals surface area contributed by atoms with Crippen molar-refractivity contribution in [2.45, 2.75) is 33.6 Å². The smallest absolute Gasteiger partial charge is 0.242 e. The third-order valence-corrected chi connectivity index (χ3v) is 4.39. The molecule has 0 radical (unpaired) electrons. The summed E-state index contributed by atoms with van der Waals surface area (Å²) in [4.78, 5) is 32.4. The topological polar surface area (TPSA) is 77.0 Å². The van der Waals surface area contributed by atoms with Crippen LogP contribution in [0.1, 0.15) is 33.6 Å². The van der Waals surface area contributed by atoms with Gasteiger partial charge < -0.3 is 20.4 Å². The molecule has 7 nitrogen and oxygen atoms in total. The van der Waals surface area contributed by atoms with Crippen LogP contribution in [0.2, 0.25) is 5.02 Å². The molecule has 0 saturated carbocycles. The summed E-state index contributed by atoms with van der Waals surface area (Å²) in [6.07, 6.45) is 0.986. The van der Waals surface area contributed by atoms with E-state index in [0.29, 0.717) is 50.0 Å². The van der Waals surface area contributed by atoms with Crippen molar-refractivity contribution in [3.05, 3.63) is 29.3 Å². The maximum Gasteiger partial charge on any atom is 0.242 e. The summed E-state index contributed by atoms with van der Waals surface area (Å²) in [6, 6.07) is 7.01. The summed E-state index contributed by atoms with van der Waals surface area (Å²) in [5.41, 5.74) is 0.723. The monoisotopic (exact) mass is 537 g/mol. The molecule has 0 atom stereocenters. The lowest BCUT2D eigenvalue weighted by molar-refractivity contribution is -0.131. The molecule has 2 N–H and O–H groups in total. The molecule has 0 saturated heterocycles. The van der Waals surface area contributed by atoms with Crippen molar-refractivity contribution in [2.75, 3.05) is 45.1 Å². The van der Waals surface area contributed by atoms with E-state index in [1.807, 2.05) is 32.7 Å². The molecule has 1 aromatic rings. The second kappa shape index (κ2) is 15.3. The van der Waals surface area contributed by atoms with Crippen molar-refractivity contribution in [3.63, 3.8) is 0 Å². The quantitative estimate of drug-likeness (QED) is 0.207. The van der Waals surface area contributed by atoms with Gasteiger partial charge in [-0.15, -0.1) is 24.0 Å². The highest BCUT2D eigenvalue weighted by Crippen LogP contribution is 2.13. The summed E-state index contributed by atoms with van der Waals surface area (Å²) >= 11 is 5.84. The number of guanidine groups is 1. The lowest BCUT2D eigenvalue weighted by Crippen LogP contribution is -2.45. The molecule has 1 aromatic carbocycles. The minimum Gasteiger partial charge on any atom is -0.357 e. The standard InChI is InChI=1S/C20H32ClN5O2.HI/c1-5-22-20(25(4)15-19(28)26(6-2)7-3)23-14-8-9-18(27)24-17-12-10-16(21)11-13-17;/h10-13H,5-9,14-15H2,1-4H3,(H,22,23)(H,24,27);1H. The van der Waals surface area contributed by atoms with Gasteiger partial charge in [0.25, 0.3) is 0 Å². The van der Waals surface area contributed by atoms with Gasteiger partial charge in [-0.1, -0.05) is 11.6 Å². The molecule has 0 aliphatic carbocycles. The van der Waals surface area contributed by atoms with E-state index in [2.05, 4.69) is 15.6 Å². The number of carbonyl (C=O) groups is 2. The summed E-state index contributed by atoms with van der Waals surface area (Å²) < 4.78 is 0. The Balaban J connectivity index is 0.00000784. The van der Waals surface area contributed by atoms with E-state index in [1.54, 1.807) is 29.2 Å². The number of hydrogen-bond donors (Lipinski definition) is 2. The fourth-order valence-electron chi connectivity index (χ4n) is 2.61. The Morgan fingerprint density at radius 2 is 1.72 bits per heavy atom. The minimum absolute atomic E-state index is 0. The van der Waals surface area contributed by atoms with Gasteiger partial charge in [-0.2, -0.15) is 0 Å². The van der Waals surface area contributed by atoms with Crippen molar-refractivity contribution in [1.29, 1.82) is 0 Å². The first-order valence-corrected chi connectivity index (χ1v) is 10.1. The molecule has 0 unspecified atom stereocenters. The first-order valence-electron chi connectivity index (χ1n) is 9.73. The largest absolute Gasteiger partial charge is 0.357 e. The third kappa shape index (κ3) is 10.7. The number of benzene rings is 1. The van der Waals surface area contributed by atoms with Crippen molar-refractivity contribution >= 4 is 59.0 Å². The van der Waals surface area contributed by atoms with Gasteiger partial charge in [0.05, 0.1) is 6.54 Å². The molecule has 0 aliphatic rings. The predicted octanol–water partition coefficient (Wildman–Crippen LogP) is 3.44. The van der Waals surface area contributed by atoms with Crippen LogP contribution in [0.15, 0.2) is 29.3 Å². The van der Waals surface area contributed by atoms with Gasteiger partial charge in [-0.25, -0.2) is 0 Å². The number of amides is 2. The molecular weight excluding hydrogens is 505 g/mol. The molecule has 0 spiro atoms. The van der Waals surface area contributed by atoms with Crippen LogP contribution >= 0.6 is 35.6 Å². The van der Waals surface area contributed by atoms with Crippen LogP contribution in [-0.4, -0.2) is 67.3 Å². The highest BCUT2D eigenvalue weighted by atomic mass is 127. The van der Waals surface area contributed by atoms with E-state index in [9.17, 15) is 9.59 Å². The van der Waals surface area contributed by atoms with E-state index in [1.165, 1.54) is 0 Å². The normalized spacial score (nSPS) is 10.7. The van der Waals surface area contributed by atoms with Crippen molar-refractivity contribution in [2.24, 2.45) is 4.99 Å². The number of aliphatic imine (C=N–C) groups is 1. The van der Waals surface area contributed by atoms with E-state index in [4.69, 9.17) is 11.6 Å². The SMILES string of the molecule is CCNC(=NCCCC(=O)Nc1ccc(Cl)cc1)N(C)CC(=O)N(CC)CC.I. The summed E-state index contributed by atoms with van der Waals surface area (Å²) in [6.45, 7) is 8.78. The van der Waals surface area contributed by atoms with Crippen LogP contribution in [0, 0.1) is 0 Å². The van der Waals surface area contributed by atoms with Crippen LogP contribution < -0.4 is 10.6 Å². The number of hydrogen-bond acceptors (Lipinski definition) is 3. The molecule has 0 aliphatic heterocycles. The Kier molecular flexibility index (Phi) is 14.5. The molecule has 0 fully saturated rings. The zero-order valence-corrected chi connectivity index (χ0v) is 20.8. The Labute approximate surface area is 196 Å². The van der Waals surface area contributed by atoms with Gasteiger partial charge in [-0.3, -0.25) is 14.6 Å². The zero-order chi connectivity index (χ0) is 20.9. The number of halogens is 2. The Hall–Kier alpha value is -1.55. The number of anilines is 1. The molecular formula is C20H33ClIN5O2. The maximum absolute atomic E-state index is 12.3. The van der Waals surface area contributed by atoms with E-state index in [-0.39, 0.29) is 42.3 Å². The molecule has 2 amide bonds. The van der Waals surface area contributed by atoms with Gasteiger partial charge in [-0.05, 0) is 51.5 Å². The molecule has 1 rings (SSSR count). The highest BCUT2D eigenvalue weighted by Gasteiger charge is 2.14. The van der Waals surface area contributed by atoms with Crippen LogP contribution in [0.25, 0.3) is 0 Å². The number of likely N-dealkylation sites (N-methyl/N-ethyl adjacent to an activating group) is 2. The Bertz CT molecular complexity index is 651. The lowest BCUT2D eigenvalue weighted by atomic mass is 10.2. The zero-order valence-electron chi connectivity index (χ0n) is 17.7. The Morgan fingerprint density at radius 1 is 1.10 bits per heavy atom. The van der Waals surface area contributed by atoms with Gasteiger partial charge in [0, 0.05) is 50.4 Å². The van der Waals surface area contributed by atoms with Gasteiger partial charge in [0.15, 0.2) is 5.96 Å². The maximum atomic E-state index is 12.3. The molecule has 0 aromatic heterocycles. The van der Waals surface area contributed by atoms with Crippen LogP contribution in [0.5, 0.6) is 0 Å². The summed E-state index contributed by atoms with van der Waals surface area (Å²) in [5.74, 6) is 0.675. The van der Waals surface area contributed by atoms with Crippen LogP contribution in [0.3, 0.4) is 0 Å². The first-order chi connectivity index (χ1) is 13.4. The molecule has 0 heterocycles. The number of nitrogens with one attached hydrogen (secondary N) is 2. The second-order valence-electron chi connectivity index (χ2n) is 6.32. The number of nitrogens with zero attached hydrogens (tertiary/aromatic N) is 3. The van der Waals surface area contributed by atoms with Crippen molar-refractivity contribution in [1.82, 2.24) is 15.1 Å². The lowest BCUT2D eigenvalue weighted by Gasteiger charge is -2.25. The van der Waals surface area contributed by atoms with Gasteiger partial charge >= 0.3 is 0 Å². The average Bonchev–Trinajstić information content (AvgIpc) is 2.67. The number of carbonyl (C=O) groups excluding carboxylic acids is 2. The van der Waals surface area contributed by atoms with Crippen LogP contribution in [0.4, 0.5) is 5.69 Å². The van der Waals surface area contributed by atoms with Gasteiger partial charge in [0.1, 0.15) is 0 Å². The van der Waals surface area contributed by atoms with Crippen LogP contribution in [-0.2, 0) is 9.59 Å². The fourth-order valence-corrected chi connectivity index (χ4v) is 2.73. The fraction of sp³-hybridized carbons (Fsp3) is 0.550. The van der Waals surface area contributed by atoms with E-state index in [0.717, 1.165) is 5.69 Å². The first kappa shape index (κ1) is 27.5. The molecule has 0 bridgehead atoms. The van der Waals surface area contributed by atoms with Crippen molar-refractivity contribution in [3.8, 4) is 0 Å². The second-order valence-corrected chi connectivity index (χ2v) is 6.75. The average molecular weight is 538 g/mol. The number of rotatable bonds is 10. The van der Waals surface area contributed by atoms with Gasteiger partial charge in [0.2, 0.25) is 11.8 Å². The Morgan fingerprint density at radius 3 is 2.28 bits per heavy atom. The summed E-state index contributed by atoms with van der Waals surface area (Å²) in [7, 11) is 1.84. The molecule has 9 heteroatoms. The minimum atomic E-state index is -0.0624. The predicted molar refractivity (Wildman–Crippen MR) is 131 cm³/mol.